The van der Waals surface area contributed by atoms with E-state index in [1.807, 2.05) is 0 Å². The van der Waals surface area contributed by atoms with Gasteiger partial charge in [-0.1, -0.05) is 17.5 Å². The highest BCUT2D eigenvalue weighted by atomic mass is 35.5. The third kappa shape index (κ3) is 2.30. The van der Waals surface area contributed by atoms with Gasteiger partial charge >= 0.3 is 0 Å². The summed E-state index contributed by atoms with van der Waals surface area (Å²) in [5.74, 6) is 3.78. The van der Waals surface area contributed by atoms with Gasteiger partial charge in [0, 0.05) is 25.1 Å². The van der Waals surface area contributed by atoms with Crippen LogP contribution in [-0.2, 0) is 0 Å². The molecule has 5 heteroatoms. The molecule has 0 saturated carbocycles. The van der Waals surface area contributed by atoms with E-state index in [0.717, 1.165) is 6.42 Å². The fourth-order valence-corrected chi connectivity index (χ4v) is 2.55. The molecule has 1 aromatic carbocycles. The van der Waals surface area contributed by atoms with Crippen LogP contribution in [-0.4, -0.2) is 37.1 Å². The van der Waals surface area contributed by atoms with E-state index in [2.05, 4.69) is 5.92 Å². The average molecular weight is 292 g/mol. The van der Waals surface area contributed by atoms with Crippen LogP contribution in [0.15, 0.2) is 12.1 Å². The maximum Gasteiger partial charge on any atom is 0.254 e. The molecule has 1 aromatic rings. The van der Waals surface area contributed by atoms with Gasteiger partial charge in [0.15, 0.2) is 11.5 Å². The molecule has 104 valence electrons. The Bertz CT molecular complexity index is 588. The van der Waals surface area contributed by atoms with Gasteiger partial charge in [-0.3, -0.25) is 4.79 Å². The molecule has 1 saturated heterocycles. The van der Waals surface area contributed by atoms with Gasteiger partial charge < -0.3 is 14.4 Å². The number of hydrogen-bond donors (Lipinski definition) is 0. The van der Waals surface area contributed by atoms with Gasteiger partial charge in [0.25, 0.3) is 5.91 Å². The number of rotatable bonds is 1. The molecule has 0 N–H and O–H groups in total. The van der Waals surface area contributed by atoms with E-state index in [1.54, 1.807) is 17.0 Å². The molecule has 0 bridgehead atoms. The van der Waals surface area contributed by atoms with E-state index < -0.39 is 0 Å². The Morgan fingerprint density at radius 2 is 2.10 bits per heavy atom. The summed E-state index contributed by atoms with van der Waals surface area (Å²) >= 11 is 6.18. The number of halogens is 1. The van der Waals surface area contributed by atoms with E-state index >= 15 is 0 Å². The van der Waals surface area contributed by atoms with Crippen molar-refractivity contribution in [3.8, 4) is 23.8 Å². The second-order valence-corrected chi connectivity index (χ2v) is 5.32. The first kappa shape index (κ1) is 13.1. The summed E-state index contributed by atoms with van der Waals surface area (Å²) in [4.78, 5) is 14.0. The van der Waals surface area contributed by atoms with Gasteiger partial charge in [-0.05, 0) is 12.1 Å². The zero-order chi connectivity index (χ0) is 14.1. The summed E-state index contributed by atoms with van der Waals surface area (Å²) in [7, 11) is 0. The third-order valence-corrected chi connectivity index (χ3v) is 3.73. The number of benzene rings is 1. The summed E-state index contributed by atoms with van der Waals surface area (Å²) < 4.78 is 11.1. The normalized spacial score (nSPS) is 17.9. The lowest BCUT2D eigenvalue weighted by Crippen LogP contribution is -2.49. The van der Waals surface area contributed by atoms with Crippen LogP contribution in [0.25, 0.3) is 0 Å². The van der Waals surface area contributed by atoms with Crippen LogP contribution in [0, 0.1) is 18.3 Å². The molecule has 0 spiro atoms. The van der Waals surface area contributed by atoms with Gasteiger partial charge in [0.05, 0.1) is 24.2 Å². The van der Waals surface area contributed by atoms with Crippen LogP contribution in [0.4, 0.5) is 0 Å². The smallest absolute Gasteiger partial charge is 0.254 e. The molecule has 3 rings (SSSR count). The Balaban J connectivity index is 1.84. The number of nitrogens with zero attached hydrogens (tertiary/aromatic N) is 1. The number of hydrogen-bond acceptors (Lipinski definition) is 3. The molecule has 2 heterocycles. The monoisotopic (exact) mass is 291 g/mol. The van der Waals surface area contributed by atoms with Crippen molar-refractivity contribution in [2.75, 3.05) is 26.3 Å². The third-order valence-electron chi connectivity index (χ3n) is 3.45. The fraction of sp³-hybridized carbons (Fsp3) is 0.400. The Morgan fingerprint density at radius 1 is 1.35 bits per heavy atom. The molecule has 0 radical (unpaired) electrons. The van der Waals surface area contributed by atoms with E-state index in [9.17, 15) is 4.79 Å². The minimum atomic E-state index is -0.0750. The highest BCUT2D eigenvalue weighted by Crippen LogP contribution is 2.38. The summed E-state index contributed by atoms with van der Waals surface area (Å²) in [5.41, 5.74) is 0.509. The summed E-state index contributed by atoms with van der Waals surface area (Å²) in [6.07, 6.45) is 6.12. The number of carbonyl (C=O) groups is 1. The van der Waals surface area contributed by atoms with Crippen molar-refractivity contribution in [2.45, 2.75) is 6.42 Å². The quantitative estimate of drug-likeness (QED) is 0.745. The lowest BCUT2D eigenvalue weighted by molar-refractivity contribution is 0.0579. The first-order valence-corrected chi connectivity index (χ1v) is 6.91. The predicted octanol–water partition coefficient (Wildman–Crippen LogP) is 2.21. The van der Waals surface area contributed by atoms with Crippen molar-refractivity contribution in [1.29, 1.82) is 0 Å². The largest absolute Gasteiger partial charge is 0.489 e. The van der Waals surface area contributed by atoms with Crippen LogP contribution in [0.3, 0.4) is 0 Å². The minimum absolute atomic E-state index is 0.0750. The minimum Gasteiger partial charge on any atom is -0.489 e. The summed E-state index contributed by atoms with van der Waals surface area (Å²) in [5, 5.41) is 0.404. The van der Waals surface area contributed by atoms with Gasteiger partial charge in [-0.2, -0.15) is 0 Å². The van der Waals surface area contributed by atoms with Crippen LogP contribution < -0.4 is 9.47 Å². The van der Waals surface area contributed by atoms with Crippen molar-refractivity contribution in [2.24, 2.45) is 5.92 Å². The molecule has 20 heavy (non-hydrogen) atoms. The Labute approximate surface area is 122 Å². The molecule has 0 aromatic heterocycles. The molecule has 0 atom stereocenters. The SMILES string of the molecule is C#CC1CN(C(=O)c2cc(Cl)c3c(c2)OCCCO3)C1. The molecule has 2 aliphatic rings. The van der Waals surface area contributed by atoms with Crippen LogP contribution in [0.5, 0.6) is 11.5 Å². The zero-order valence-corrected chi connectivity index (χ0v) is 11.7. The molecular weight excluding hydrogens is 278 g/mol. The predicted molar refractivity (Wildman–Crippen MR) is 75.3 cm³/mol. The molecular formula is C15H14ClNO3. The molecule has 1 amide bonds. The van der Waals surface area contributed by atoms with E-state index in [4.69, 9.17) is 27.5 Å². The summed E-state index contributed by atoms with van der Waals surface area (Å²) in [6.45, 7) is 2.32. The average Bonchev–Trinajstić information content (AvgIpc) is 2.62. The van der Waals surface area contributed by atoms with Crippen LogP contribution in [0.2, 0.25) is 5.02 Å². The van der Waals surface area contributed by atoms with Crippen LogP contribution in [0.1, 0.15) is 16.8 Å². The van der Waals surface area contributed by atoms with Crippen molar-refractivity contribution in [1.82, 2.24) is 4.90 Å². The topological polar surface area (TPSA) is 38.8 Å². The molecule has 0 aliphatic carbocycles. The van der Waals surface area contributed by atoms with Crippen molar-refractivity contribution in [3.63, 3.8) is 0 Å². The lowest BCUT2D eigenvalue weighted by atomic mass is 10.00. The number of carbonyl (C=O) groups excluding carboxylic acids is 1. The molecule has 4 nitrogen and oxygen atoms in total. The highest BCUT2D eigenvalue weighted by Gasteiger charge is 2.30. The molecule has 0 unspecified atom stereocenters. The summed E-state index contributed by atoms with van der Waals surface area (Å²) in [6, 6.07) is 3.32. The fourth-order valence-electron chi connectivity index (χ4n) is 2.29. The standard InChI is InChI=1S/C15H14ClNO3/c1-2-10-8-17(9-10)15(18)11-6-12(16)14-13(7-11)19-4-3-5-20-14/h1,6-7,10H,3-5,8-9H2. The molecule has 2 aliphatic heterocycles. The Morgan fingerprint density at radius 3 is 2.85 bits per heavy atom. The van der Waals surface area contributed by atoms with E-state index in [1.165, 1.54) is 0 Å². The number of likely N-dealkylation sites (tertiary alicyclic amines) is 1. The maximum atomic E-state index is 12.3. The second-order valence-electron chi connectivity index (χ2n) is 4.91. The molecule has 1 fully saturated rings. The maximum absolute atomic E-state index is 12.3. The van der Waals surface area contributed by atoms with E-state index in [0.29, 0.717) is 48.4 Å². The second kappa shape index (κ2) is 5.26. The van der Waals surface area contributed by atoms with Gasteiger partial charge in [-0.25, -0.2) is 0 Å². The number of amides is 1. The van der Waals surface area contributed by atoms with E-state index in [-0.39, 0.29) is 11.8 Å². The van der Waals surface area contributed by atoms with Gasteiger partial charge in [0.1, 0.15) is 0 Å². The van der Waals surface area contributed by atoms with Crippen molar-refractivity contribution in [3.05, 3.63) is 22.7 Å². The van der Waals surface area contributed by atoms with Gasteiger partial charge in [0.2, 0.25) is 0 Å². The number of terminal acetylenes is 1. The number of fused-ring (bicyclic) bond motifs is 1. The van der Waals surface area contributed by atoms with Crippen molar-refractivity contribution < 1.29 is 14.3 Å². The lowest BCUT2D eigenvalue weighted by Gasteiger charge is -2.36. The number of ether oxygens (including phenoxy) is 2. The first-order chi connectivity index (χ1) is 9.69. The first-order valence-electron chi connectivity index (χ1n) is 6.53. The zero-order valence-electron chi connectivity index (χ0n) is 10.9. The Hall–Kier alpha value is -1.86. The van der Waals surface area contributed by atoms with Gasteiger partial charge in [-0.15, -0.1) is 6.42 Å². The Kier molecular flexibility index (Phi) is 3.45. The highest BCUT2D eigenvalue weighted by molar-refractivity contribution is 6.32. The van der Waals surface area contributed by atoms with Crippen molar-refractivity contribution >= 4 is 17.5 Å². The van der Waals surface area contributed by atoms with Crippen LogP contribution >= 0.6 is 11.6 Å².